The Balaban J connectivity index is 0.000000771. The fourth-order valence-corrected chi connectivity index (χ4v) is 2.73. The lowest BCUT2D eigenvalue weighted by molar-refractivity contribution is -0.129. The molecule has 2 fully saturated rings. The number of carbonyl (C=O) groups is 2. The molecule has 2 saturated carbocycles. The van der Waals surface area contributed by atoms with Gasteiger partial charge < -0.3 is 5.32 Å². The Hall–Kier alpha value is -0.860. The second-order valence-electron chi connectivity index (χ2n) is 5.25. The molecule has 0 aliphatic heterocycles. The molecule has 104 valence electrons. The predicted octanol–water partition coefficient (Wildman–Crippen LogP) is 3.08. The van der Waals surface area contributed by atoms with Gasteiger partial charge in [-0.3, -0.25) is 9.59 Å². The van der Waals surface area contributed by atoms with Crippen LogP contribution in [0.3, 0.4) is 0 Å². The van der Waals surface area contributed by atoms with Gasteiger partial charge in [-0.05, 0) is 31.6 Å². The molecule has 2 rings (SSSR count). The molecule has 0 spiro atoms. The number of hydrogen-bond acceptors (Lipinski definition) is 2. The minimum absolute atomic E-state index is 0.0652. The molecule has 18 heavy (non-hydrogen) atoms. The van der Waals surface area contributed by atoms with Crippen molar-refractivity contribution in [2.75, 3.05) is 0 Å². The Morgan fingerprint density at radius 3 is 2.00 bits per heavy atom. The van der Waals surface area contributed by atoms with Gasteiger partial charge in [0, 0.05) is 12.8 Å². The lowest BCUT2D eigenvalue weighted by Crippen LogP contribution is -2.46. The molecule has 2 aliphatic carbocycles. The maximum atomic E-state index is 12.1. The monoisotopic (exact) mass is 253 g/mol. The van der Waals surface area contributed by atoms with E-state index < -0.39 is 0 Å². The van der Waals surface area contributed by atoms with Gasteiger partial charge in [0.2, 0.25) is 5.91 Å². The van der Waals surface area contributed by atoms with Crippen molar-refractivity contribution in [3.63, 3.8) is 0 Å². The van der Waals surface area contributed by atoms with E-state index in [-0.39, 0.29) is 17.9 Å². The summed E-state index contributed by atoms with van der Waals surface area (Å²) >= 11 is 0. The molecule has 3 heteroatoms. The number of carbonyl (C=O) groups excluding carboxylic acids is 2. The summed E-state index contributed by atoms with van der Waals surface area (Å²) in [5, 5.41) is 2.88. The van der Waals surface area contributed by atoms with Crippen molar-refractivity contribution in [2.24, 2.45) is 11.8 Å². The van der Waals surface area contributed by atoms with Gasteiger partial charge in [-0.25, -0.2) is 0 Å². The first-order valence-electron chi connectivity index (χ1n) is 7.49. The Labute approximate surface area is 111 Å². The zero-order valence-corrected chi connectivity index (χ0v) is 12.0. The predicted molar refractivity (Wildman–Crippen MR) is 73.3 cm³/mol. The van der Waals surface area contributed by atoms with E-state index in [0.717, 1.165) is 25.7 Å². The number of amides is 1. The number of hydrogen-bond donors (Lipinski definition) is 1. The number of rotatable bonds is 4. The van der Waals surface area contributed by atoms with Gasteiger partial charge in [0.25, 0.3) is 0 Å². The highest BCUT2D eigenvalue weighted by Gasteiger charge is 2.38. The molecule has 0 bridgehead atoms. The molecular formula is C15H27NO2. The average molecular weight is 253 g/mol. The van der Waals surface area contributed by atoms with E-state index in [1.165, 1.54) is 26.2 Å². The van der Waals surface area contributed by atoms with E-state index in [1.807, 2.05) is 13.8 Å². The number of ketones is 1. The zero-order valence-electron chi connectivity index (χ0n) is 12.0. The molecular weight excluding hydrogens is 226 g/mol. The average Bonchev–Trinajstić information content (AvgIpc) is 3.23. The van der Waals surface area contributed by atoms with Gasteiger partial charge in [-0.1, -0.05) is 33.1 Å². The van der Waals surface area contributed by atoms with Crippen LogP contribution >= 0.6 is 0 Å². The van der Waals surface area contributed by atoms with Gasteiger partial charge in [-0.15, -0.1) is 0 Å². The highest BCUT2D eigenvalue weighted by Crippen LogP contribution is 2.35. The van der Waals surface area contributed by atoms with E-state index >= 15 is 0 Å². The molecule has 2 aliphatic rings. The number of nitrogens with one attached hydrogen (secondary N) is 1. The first-order valence-corrected chi connectivity index (χ1v) is 7.49. The van der Waals surface area contributed by atoms with Crippen LogP contribution in [0.15, 0.2) is 0 Å². The standard InChI is InChI=1S/C13H21NO2.C2H6/c1-9(15)14-12(13(16)11-7-8-11)10-5-3-2-4-6-10;1-2/h10-12H,2-8H2,1H3,(H,14,15);1-2H3. The van der Waals surface area contributed by atoms with Gasteiger partial charge in [0.1, 0.15) is 0 Å². The van der Waals surface area contributed by atoms with Crippen LogP contribution in [-0.2, 0) is 9.59 Å². The van der Waals surface area contributed by atoms with Crippen LogP contribution in [0.5, 0.6) is 0 Å². The van der Waals surface area contributed by atoms with E-state index in [1.54, 1.807) is 0 Å². The first-order chi connectivity index (χ1) is 8.68. The van der Waals surface area contributed by atoms with E-state index in [4.69, 9.17) is 0 Å². The van der Waals surface area contributed by atoms with Crippen LogP contribution < -0.4 is 5.32 Å². The second kappa shape index (κ2) is 7.55. The van der Waals surface area contributed by atoms with Crippen molar-refractivity contribution in [1.29, 1.82) is 0 Å². The highest BCUT2D eigenvalue weighted by atomic mass is 16.2. The van der Waals surface area contributed by atoms with Gasteiger partial charge in [0.15, 0.2) is 5.78 Å². The molecule has 3 nitrogen and oxygen atoms in total. The maximum Gasteiger partial charge on any atom is 0.217 e. The molecule has 1 amide bonds. The summed E-state index contributed by atoms with van der Waals surface area (Å²) in [6.45, 7) is 5.51. The van der Waals surface area contributed by atoms with E-state index in [0.29, 0.717) is 11.7 Å². The fraction of sp³-hybridized carbons (Fsp3) is 0.867. The maximum absolute atomic E-state index is 12.1. The molecule has 1 N–H and O–H groups in total. The van der Waals surface area contributed by atoms with Crippen LogP contribution in [0, 0.1) is 11.8 Å². The molecule has 0 saturated heterocycles. The molecule has 0 aromatic carbocycles. The van der Waals surface area contributed by atoms with Gasteiger partial charge in [-0.2, -0.15) is 0 Å². The minimum atomic E-state index is -0.190. The van der Waals surface area contributed by atoms with Crippen molar-refractivity contribution in [3.8, 4) is 0 Å². The summed E-state index contributed by atoms with van der Waals surface area (Å²) in [4.78, 5) is 23.3. The second-order valence-corrected chi connectivity index (χ2v) is 5.25. The quantitative estimate of drug-likeness (QED) is 0.837. The Morgan fingerprint density at radius 2 is 1.56 bits per heavy atom. The van der Waals surface area contributed by atoms with Gasteiger partial charge >= 0.3 is 0 Å². The lowest BCUT2D eigenvalue weighted by Gasteiger charge is -2.29. The SMILES string of the molecule is CC.CC(=O)NC(C(=O)C1CC1)C1CCCCC1. The highest BCUT2D eigenvalue weighted by molar-refractivity contribution is 5.91. The van der Waals surface area contributed by atoms with Gasteiger partial charge in [0.05, 0.1) is 6.04 Å². The summed E-state index contributed by atoms with van der Waals surface area (Å²) < 4.78 is 0. The molecule has 1 atom stereocenters. The summed E-state index contributed by atoms with van der Waals surface area (Å²) in [5.74, 6) is 0.871. The smallest absolute Gasteiger partial charge is 0.217 e. The fourth-order valence-electron chi connectivity index (χ4n) is 2.73. The summed E-state index contributed by atoms with van der Waals surface area (Å²) in [5.41, 5.74) is 0. The molecule has 0 heterocycles. The third kappa shape index (κ3) is 4.43. The minimum Gasteiger partial charge on any atom is -0.346 e. The summed E-state index contributed by atoms with van der Waals surface area (Å²) in [6, 6.07) is -0.190. The Bertz CT molecular complexity index is 278. The van der Waals surface area contributed by atoms with Crippen LogP contribution in [0.4, 0.5) is 0 Å². The zero-order chi connectivity index (χ0) is 13.5. The van der Waals surface area contributed by atoms with Crippen molar-refractivity contribution in [3.05, 3.63) is 0 Å². The summed E-state index contributed by atoms with van der Waals surface area (Å²) in [6.07, 6.45) is 7.95. The molecule has 0 aromatic heterocycles. The topological polar surface area (TPSA) is 46.2 Å². The first kappa shape index (κ1) is 15.2. The Morgan fingerprint density at radius 1 is 1.00 bits per heavy atom. The third-order valence-electron chi connectivity index (χ3n) is 3.77. The van der Waals surface area contributed by atoms with Crippen molar-refractivity contribution in [2.45, 2.75) is 71.8 Å². The normalized spacial score (nSPS) is 21.5. The van der Waals surface area contributed by atoms with E-state index in [2.05, 4.69) is 5.32 Å². The number of Topliss-reactive ketones (excluding diaryl/α,β-unsaturated/α-hetero) is 1. The van der Waals surface area contributed by atoms with Crippen LogP contribution in [-0.4, -0.2) is 17.7 Å². The third-order valence-corrected chi connectivity index (χ3v) is 3.77. The Kier molecular flexibility index (Phi) is 6.37. The molecule has 0 radical (unpaired) electrons. The van der Waals surface area contributed by atoms with Crippen LogP contribution in [0.25, 0.3) is 0 Å². The largest absolute Gasteiger partial charge is 0.346 e. The van der Waals surface area contributed by atoms with Crippen molar-refractivity contribution in [1.82, 2.24) is 5.32 Å². The summed E-state index contributed by atoms with van der Waals surface area (Å²) in [7, 11) is 0. The lowest BCUT2D eigenvalue weighted by atomic mass is 9.81. The molecule has 1 unspecified atom stereocenters. The van der Waals surface area contributed by atoms with Crippen molar-refractivity contribution < 1.29 is 9.59 Å². The van der Waals surface area contributed by atoms with Crippen molar-refractivity contribution >= 4 is 11.7 Å². The van der Waals surface area contributed by atoms with Crippen LogP contribution in [0.1, 0.15) is 65.7 Å². The molecule has 0 aromatic rings. The van der Waals surface area contributed by atoms with Crippen LogP contribution in [0.2, 0.25) is 0 Å². The van der Waals surface area contributed by atoms with E-state index in [9.17, 15) is 9.59 Å².